The van der Waals surface area contributed by atoms with E-state index in [0.29, 0.717) is 5.82 Å². The highest BCUT2D eigenvalue weighted by Crippen LogP contribution is 2.17. The van der Waals surface area contributed by atoms with Gasteiger partial charge in [-0.2, -0.15) is 0 Å². The first-order valence-corrected chi connectivity index (χ1v) is 5.77. The molecule has 2 rings (SSSR count). The average molecular weight is 228 g/mol. The summed E-state index contributed by atoms with van der Waals surface area (Å²) in [4.78, 5) is 18.8. The van der Waals surface area contributed by atoms with Crippen LogP contribution in [0.1, 0.15) is 23.7 Å². The van der Waals surface area contributed by atoms with Crippen molar-refractivity contribution >= 4 is 0 Å². The van der Waals surface area contributed by atoms with E-state index >= 15 is 0 Å². The normalized spacial score (nSPS) is 10.5. The Morgan fingerprint density at radius 2 is 1.76 bits per heavy atom. The number of hydrogen-bond acceptors (Lipinski definition) is 2. The Balaban J connectivity index is 2.59. The quantitative estimate of drug-likeness (QED) is 0.858. The monoisotopic (exact) mass is 228 g/mol. The van der Waals surface area contributed by atoms with Gasteiger partial charge in [0, 0.05) is 17.3 Å². The van der Waals surface area contributed by atoms with E-state index in [2.05, 4.69) is 16.0 Å². The third kappa shape index (κ3) is 2.61. The maximum absolute atomic E-state index is 11.5. The molecule has 3 heteroatoms. The summed E-state index contributed by atoms with van der Waals surface area (Å²) in [5, 5.41) is 0. The van der Waals surface area contributed by atoms with Crippen molar-refractivity contribution in [1.29, 1.82) is 0 Å². The van der Waals surface area contributed by atoms with Gasteiger partial charge in [0.25, 0.3) is 5.56 Å². The summed E-state index contributed by atoms with van der Waals surface area (Å²) < 4.78 is 0. The Morgan fingerprint density at radius 1 is 1.12 bits per heavy atom. The van der Waals surface area contributed by atoms with Gasteiger partial charge in [-0.25, -0.2) is 4.98 Å². The van der Waals surface area contributed by atoms with Crippen LogP contribution in [-0.2, 0) is 6.42 Å². The third-order valence-corrected chi connectivity index (χ3v) is 2.65. The van der Waals surface area contributed by atoms with Crippen LogP contribution in [0.4, 0.5) is 0 Å². The summed E-state index contributed by atoms with van der Waals surface area (Å²) in [6.45, 7) is 6.07. The van der Waals surface area contributed by atoms with Crippen molar-refractivity contribution in [1.82, 2.24) is 9.97 Å². The lowest BCUT2D eigenvalue weighted by Gasteiger charge is -2.05. The molecule has 0 fully saturated rings. The van der Waals surface area contributed by atoms with Crippen molar-refractivity contribution in [2.45, 2.75) is 27.2 Å². The molecule has 17 heavy (non-hydrogen) atoms. The minimum atomic E-state index is -0.0917. The van der Waals surface area contributed by atoms with Gasteiger partial charge in [0.2, 0.25) is 0 Å². The number of benzene rings is 1. The van der Waals surface area contributed by atoms with Crippen molar-refractivity contribution in [3.63, 3.8) is 0 Å². The molecule has 1 heterocycles. The van der Waals surface area contributed by atoms with Crippen LogP contribution in [0.15, 0.2) is 29.1 Å². The molecule has 0 radical (unpaired) electrons. The van der Waals surface area contributed by atoms with Gasteiger partial charge in [0.1, 0.15) is 5.82 Å². The average Bonchev–Trinajstić information content (AvgIpc) is 2.26. The molecule has 0 atom stereocenters. The zero-order chi connectivity index (χ0) is 12.4. The molecule has 0 amide bonds. The Morgan fingerprint density at radius 3 is 2.35 bits per heavy atom. The van der Waals surface area contributed by atoms with Gasteiger partial charge in [-0.15, -0.1) is 0 Å². The number of aromatic amines is 1. The summed E-state index contributed by atoms with van der Waals surface area (Å²) in [6.07, 6.45) is 0.766. The van der Waals surface area contributed by atoms with Gasteiger partial charge in [-0.05, 0) is 32.4 Å². The zero-order valence-corrected chi connectivity index (χ0v) is 10.4. The van der Waals surface area contributed by atoms with Gasteiger partial charge < -0.3 is 4.98 Å². The lowest BCUT2D eigenvalue weighted by atomic mass is 10.1. The first kappa shape index (κ1) is 11.6. The molecule has 0 aliphatic rings. The topological polar surface area (TPSA) is 45.8 Å². The molecule has 3 nitrogen and oxygen atoms in total. The smallest absolute Gasteiger partial charge is 0.251 e. The molecule has 0 aliphatic heterocycles. The molecule has 0 unspecified atom stereocenters. The van der Waals surface area contributed by atoms with Gasteiger partial charge in [0.15, 0.2) is 0 Å². The standard InChI is InChI=1S/C14H16N2O/c1-4-12-8-13(17)16-14(15-12)11-6-9(2)5-10(3)7-11/h5-8H,4H2,1-3H3,(H,15,16,17). The molecule has 0 spiro atoms. The minimum absolute atomic E-state index is 0.0917. The van der Waals surface area contributed by atoms with Crippen LogP contribution >= 0.6 is 0 Å². The Hall–Kier alpha value is -1.90. The molecule has 0 saturated carbocycles. The fourth-order valence-corrected chi connectivity index (χ4v) is 1.94. The van der Waals surface area contributed by atoms with E-state index < -0.39 is 0 Å². The van der Waals surface area contributed by atoms with Gasteiger partial charge in [-0.1, -0.05) is 24.1 Å². The van der Waals surface area contributed by atoms with Crippen molar-refractivity contribution in [2.75, 3.05) is 0 Å². The van der Waals surface area contributed by atoms with E-state index in [1.165, 1.54) is 11.1 Å². The third-order valence-electron chi connectivity index (χ3n) is 2.65. The van der Waals surface area contributed by atoms with E-state index in [4.69, 9.17) is 0 Å². The highest BCUT2D eigenvalue weighted by Gasteiger charge is 2.04. The number of nitrogens with zero attached hydrogens (tertiary/aromatic N) is 1. The highest BCUT2D eigenvalue weighted by molar-refractivity contribution is 5.57. The van der Waals surface area contributed by atoms with E-state index in [-0.39, 0.29) is 5.56 Å². The summed E-state index contributed by atoms with van der Waals surface area (Å²) in [5.41, 5.74) is 4.04. The first-order chi connectivity index (χ1) is 8.08. The predicted octanol–water partition coefficient (Wildman–Crippen LogP) is 2.62. The number of nitrogens with one attached hydrogen (secondary N) is 1. The van der Waals surface area contributed by atoms with E-state index in [1.54, 1.807) is 6.07 Å². The highest BCUT2D eigenvalue weighted by atomic mass is 16.1. The van der Waals surface area contributed by atoms with Crippen LogP contribution < -0.4 is 5.56 Å². The van der Waals surface area contributed by atoms with Crippen molar-refractivity contribution < 1.29 is 0 Å². The lowest BCUT2D eigenvalue weighted by molar-refractivity contribution is 0.986. The van der Waals surface area contributed by atoms with Gasteiger partial charge in [-0.3, -0.25) is 4.79 Å². The molecular weight excluding hydrogens is 212 g/mol. The SMILES string of the molecule is CCc1cc(=O)[nH]c(-c2cc(C)cc(C)c2)n1. The number of rotatable bonds is 2. The Kier molecular flexibility index (Phi) is 3.09. The predicted molar refractivity (Wildman–Crippen MR) is 69.1 cm³/mol. The van der Waals surface area contributed by atoms with Crippen molar-refractivity contribution in [3.8, 4) is 11.4 Å². The molecule has 0 aliphatic carbocycles. The van der Waals surface area contributed by atoms with Gasteiger partial charge >= 0.3 is 0 Å². The molecule has 1 aromatic heterocycles. The van der Waals surface area contributed by atoms with Crippen molar-refractivity contribution in [3.05, 3.63) is 51.4 Å². The lowest BCUT2D eigenvalue weighted by Crippen LogP contribution is -2.10. The van der Waals surface area contributed by atoms with E-state index in [0.717, 1.165) is 17.7 Å². The van der Waals surface area contributed by atoms with E-state index in [1.807, 2.05) is 32.9 Å². The number of hydrogen-bond donors (Lipinski definition) is 1. The fraction of sp³-hybridized carbons (Fsp3) is 0.286. The molecule has 2 aromatic rings. The fourth-order valence-electron chi connectivity index (χ4n) is 1.94. The Labute approximate surface area is 101 Å². The zero-order valence-electron chi connectivity index (χ0n) is 10.4. The van der Waals surface area contributed by atoms with Crippen LogP contribution in [0.5, 0.6) is 0 Å². The number of aryl methyl sites for hydroxylation is 3. The summed E-state index contributed by atoms with van der Waals surface area (Å²) in [6, 6.07) is 7.72. The van der Waals surface area contributed by atoms with Crippen LogP contribution in [0.2, 0.25) is 0 Å². The summed E-state index contributed by atoms with van der Waals surface area (Å²) >= 11 is 0. The first-order valence-electron chi connectivity index (χ1n) is 5.77. The maximum Gasteiger partial charge on any atom is 0.251 e. The molecule has 0 bridgehead atoms. The van der Waals surface area contributed by atoms with Crippen molar-refractivity contribution in [2.24, 2.45) is 0 Å². The van der Waals surface area contributed by atoms with Gasteiger partial charge in [0.05, 0.1) is 0 Å². The number of H-pyrrole nitrogens is 1. The molecule has 1 aromatic carbocycles. The second-order valence-corrected chi connectivity index (χ2v) is 4.32. The summed E-state index contributed by atoms with van der Waals surface area (Å²) in [5.74, 6) is 0.654. The summed E-state index contributed by atoms with van der Waals surface area (Å²) in [7, 11) is 0. The van der Waals surface area contributed by atoms with Crippen LogP contribution in [-0.4, -0.2) is 9.97 Å². The second-order valence-electron chi connectivity index (χ2n) is 4.32. The van der Waals surface area contributed by atoms with Crippen LogP contribution in [0.3, 0.4) is 0 Å². The molecule has 1 N–H and O–H groups in total. The maximum atomic E-state index is 11.5. The molecule has 88 valence electrons. The molecular formula is C14H16N2O. The van der Waals surface area contributed by atoms with Crippen LogP contribution in [0.25, 0.3) is 11.4 Å². The Bertz CT molecular complexity index is 579. The number of aromatic nitrogens is 2. The van der Waals surface area contributed by atoms with Crippen LogP contribution in [0, 0.1) is 13.8 Å². The van der Waals surface area contributed by atoms with E-state index in [9.17, 15) is 4.79 Å². The molecule has 0 saturated heterocycles. The largest absolute Gasteiger partial charge is 0.307 e. The minimum Gasteiger partial charge on any atom is -0.307 e. The second kappa shape index (κ2) is 4.53.